The third-order valence-corrected chi connectivity index (χ3v) is 2.57. The van der Waals surface area contributed by atoms with Crippen molar-refractivity contribution in [1.29, 1.82) is 5.26 Å². The van der Waals surface area contributed by atoms with E-state index in [9.17, 15) is 4.79 Å². The molecule has 1 aromatic rings. The molecule has 1 aliphatic rings. The molecule has 0 radical (unpaired) electrons. The van der Waals surface area contributed by atoms with Gasteiger partial charge in [0.05, 0.1) is 11.1 Å². The summed E-state index contributed by atoms with van der Waals surface area (Å²) in [4.78, 5) is 17.6. The molecular formula is C11H11N3O. The summed E-state index contributed by atoms with van der Waals surface area (Å²) in [6.07, 6.45) is 5.10. The van der Waals surface area contributed by atoms with Crippen LogP contribution in [0.25, 0.3) is 0 Å². The Morgan fingerprint density at radius 2 is 2.20 bits per heavy atom. The van der Waals surface area contributed by atoms with Crippen LogP contribution >= 0.6 is 0 Å². The van der Waals surface area contributed by atoms with Crippen LogP contribution in [0.2, 0.25) is 0 Å². The van der Waals surface area contributed by atoms with Gasteiger partial charge in [-0.1, -0.05) is 0 Å². The van der Waals surface area contributed by atoms with Gasteiger partial charge in [0.1, 0.15) is 6.07 Å². The molecule has 2 heterocycles. The number of rotatable bonds is 1. The van der Waals surface area contributed by atoms with Crippen LogP contribution in [0.15, 0.2) is 18.5 Å². The first kappa shape index (κ1) is 9.66. The van der Waals surface area contributed by atoms with Crippen LogP contribution in [0.3, 0.4) is 0 Å². The van der Waals surface area contributed by atoms with E-state index in [1.807, 2.05) is 6.07 Å². The number of amides is 1. The predicted molar refractivity (Wildman–Crippen MR) is 54.1 cm³/mol. The monoisotopic (exact) mass is 201 g/mol. The molecule has 4 heteroatoms. The number of hydrogen-bond acceptors (Lipinski definition) is 3. The highest BCUT2D eigenvalue weighted by atomic mass is 16.2. The summed E-state index contributed by atoms with van der Waals surface area (Å²) in [5.74, 6) is -0.0721. The minimum atomic E-state index is -0.0721. The smallest absolute Gasteiger partial charge is 0.256 e. The molecule has 4 nitrogen and oxygen atoms in total. The molecule has 1 fully saturated rings. The maximum Gasteiger partial charge on any atom is 0.256 e. The standard InChI is InChI=1S/C11H11N3O/c12-7-9-3-4-13-8-10(9)11(15)14-5-1-2-6-14/h3-4,8H,1-2,5-6H2. The Morgan fingerprint density at radius 3 is 2.87 bits per heavy atom. The van der Waals surface area contributed by atoms with E-state index in [1.165, 1.54) is 12.4 Å². The minimum Gasteiger partial charge on any atom is -0.339 e. The van der Waals surface area contributed by atoms with Crippen molar-refractivity contribution in [3.05, 3.63) is 29.6 Å². The molecule has 0 N–H and O–H groups in total. The summed E-state index contributed by atoms with van der Waals surface area (Å²) in [6, 6.07) is 3.59. The van der Waals surface area contributed by atoms with Crippen molar-refractivity contribution in [2.75, 3.05) is 13.1 Å². The maximum absolute atomic E-state index is 12.0. The largest absolute Gasteiger partial charge is 0.339 e. The lowest BCUT2D eigenvalue weighted by Crippen LogP contribution is -2.28. The second-order valence-corrected chi connectivity index (χ2v) is 3.53. The summed E-state index contributed by atoms with van der Waals surface area (Å²) < 4.78 is 0. The minimum absolute atomic E-state index is 0.0721. The Balaban J connectivity index is 2.29. The fraction of sp³-hybridized carbons (Fsp3) is 0.364. The normalized spacial score (nSPS) is 15.0. The van der Waals surface area contributed by atoms with Crippen LogP contribution < -0.4 is 0 Å². The van der Waals surface area contributed by atoms with Gasteiger partial charge < -0.3 is 4.90 Å². The summed E-state index contributed by atoms with van der Waals surface area (Å²) in [6.45, 7) is 1.58. The predicted octanol–water partition coefficient (Wildman–Crippen LogP) is 1.19. The number of nitrogens with zero attached hydrogens (tertiary/aromatic N) is 3. The zero-order valence-electron chi connectivity index (χ0n) is 8.31. The quantitative estimate of drug-likeness (QED) is 0.685. The van der Waals surface area contributed by atoms with Gasteiger partial charge in [-0.25, -0.2) is 0 Å². The molecular weight excluding hydrogens is 190 g/mol. The van der Waals surface area contributed by atoms with Crippen LogP contribution in [0.4, 0.5) is 0 Å². The number of hydrogen-bond donors (Lipinski definition) is 0. The second kappa shape index (κ2) is 4.09. The molecule has 1 amide bonds. The van der Waals surface area contributed by atoms with E-state index in [4.69, 9.17) is 5.26 Å². The Labute approximate surface area is 88.1 Å². The zero-order valence-corrected chi connectivity index (χ0v) is 8.31. The van der Waals surface area contributed by atoms with Gasteiger partial charge in [0.2, 0.25) is 0 Å². The van der Waals surface area contributed by atoms with E-state index in [0.29, 0.717) is 11.1 Å². The lowest BCUT2D eigenvalue weighted by Gasteiger charge is -2.15. The number of carbonyl (C=O) groups excluding carboxylic acids is 1. The van der Waals surface area contributed by atoms with E-state index in [2.05, 4.69) is 4.98 Å². The highest BCUT2D eigenvalue weighted by molar-refractivity contribution is 5.96. The number of aromatic nitrogens is 1. The molecule has 1 aliphatic heterocycles. The number of nitriles is 1. The SMILES string of the molecule is N#Cc1ccncc1C(=O)N1CCCC1. The molecule has 0 aromatic carbocycles. The number of pyridine rings is 1. The molecule has 0 saturated carbocycles. The Hall–Kier alpha value is -1.89. The van der Waals surface area contributed by atoms with Gasteiger partial charge in [-0.15, -0.1) is 0 Å². The Bertz CT molecular complexity index is 416. The molecule has 2 rings (SSSR count). The van der Waals surface area contributed by atoms with Crippen LogP contribution in [-0.2, 0) is 0 Å². The van der Waals surface area contributed by atoms with E-state index < -0.39 is 0 Å². The van der Waals surface area contributed by atoms with Gasteiger partial charge in [-0.2, -0.15) is 5.26 Å². The van der Waals surface area contributed by atoms with Gasteiger partial charge >= 0.3 is 0 Å². The zero-order chi connectivity index (χ0) is 10.7. The van der Waals surface area contributed by atoms with Gasteiger partial charge in [0.15, 0.2) is 0 Å². The number of likely N-dealkylation sites (tertiary alicyclic amines) is 1. The van der Waals surface area contributed by atoms with E-state index in [-0.39, 0.29) is 5.91 Å². The van der Waals surface area contributed by atoms with Crippen molar-refractivity contribution < 1.29 is 4.79 Å². The van der Waals surface area contributed by atoms with Crippen molar-refractivity contribution in [3.63, 3.8) is 0 Å². The van der Waals surface area contributed by atoms with Crippen molar-refractivity contribution in [3.8, 4) is 6.07 Å². The van der Waals surface area contributed by atoms with Crippen LogP contribution in [-0.4, -0.2) is 28.9 Å². The van der Waals surface area contributed by atoms with E-state index in [0.717, 1.165) is 25.9 Å². The second-order valence-electron chi connectivity index (χ2n) is 3.53. The average molecular weight is 201 g/mol. The highest BCUT2D eigenvalue weighted by Crippen LogP contribution is 2.14. The first-order chi connectivity index (χ1) is 7.33. The molecule has 0 spiro atoms. The molecule has 0 atom stereocenters. The number of carbonyl (C=O) groups is 1. The summed E-state index contributed by atoms with van der Waals surface area (Å²) in [7, 11) is 0. The van der Waals surface area contributed by atoms with Crippen LogP contribution in [0.1, 0.15) is 28.8 Å². The fourth-order valence-electron chi connectivity index (χ4n) is 1.75. The molecule has 0 unspecified atom stereocenters. The average Bonchev–Trinajstić information content (AvgIpc) is 2.81. The molecule has 15 heavy (non-hydrogen) atoms. The topological polar surface area (TPSA) is 57.0 Å². The lowest BCUT2D eigenvalue weighted by molar-refractivity contribution is 0.0792. The summed E-state index contributed by atoms with van der Waals surface area (Å²) in [5, 5.41) is 8.86. The van der Waals surface area contributed by atoms with E-state index in [1.54, 1.807) is 11.0 Å². The van der Waals surface area contributed by atoms with Gasteiger partial charge in [-0.05, 0) is 18.9 Å². The third kappa shape index (κ3) is 1.82. The van der Waals surface area contributed by atoms with Crippen LogP contribution in [0.5, 0.6) is 0 Å². The van der Waals surface area contributed by atoms with Crippen molar-refractivity contribution in [2.24, 2.45) is 0 Å². The van der Waals surface area contributed by atoms with Gasteiger partial charge in [0, 0.05) is 25.5 Å². The summed E-state index contributed by atoms with van der Waals surface area (Å²) >= 11 is 0. The van der Waals surface area contributed by atoms with Crippen LogP contribution in [0, 0.1) is 11.3 Å². The van der Waals surface area contributed by atoms with Crippen molar-refractivity contribution >= 4 is 5.91 Å². The fourth-order valence-corrected chi connectivity index (χ4v) is 1.75. The maximum atomic E-state index is 12.0. The third-order valence-electron chi connectivity index (χ3n) is 2.57. The first-order valence-electron chi connectivity index (χ1n) is 4.96. The highest BCUT2D eigenvalue weighted by Gasteiger charge is 2.21. The van der Waals surface area contributed by atoms with Crippen molar-refractivity contribution in [1.82, 2.24) is 9.88 Å². The van der Waals surface area contributed by atoms with Gasteiger partial charge in [-0.3, -0.25) is 9.78 Å². The Morgan fingerprint density at radius 1 is 1.47 bits per heavy atom. The molecule has 0 bridgehead atoms. The van der Waals surface area contributed by atoms with E-state index >= 15 is 0 Å². The lowest BCUT2D eigenvalue weighted by atomic mass is 10.1. The first-order valence-corrected chi connectivity index (χ1v) is 4.96. The van der Waals surface area contributed by atoms with Gasteiger partial charge in [0.25, 0.3) is 5.91 Å². The molecule has 0 aliphatic carbocycles. The molecule has 1 aromatic heterocycles. The molecule has 1 saturated heterocycles. The molecule has 76 valence electrons. The van der Waals surface area contributed by atoms with Crippen molar-refractivity contribution in [2.45, 2.75) is 12.8 Å². The Kier molecular flexibility index (Phi) is 2.64. The summed E-state index contributed by atoms with van der Waals surface area (Å²) in [5.41, 5.74) is 0.823.